The van der Waals surface area contributed by atoms with Crippen LogP contribution < -0.4 is 5.32 Å². The third-order valence-electron chi connectivity index (χ3n) is 4.69. The molecule has 4 nitrogen and oxygen atoms in total. The van der Waals surface area contributed by atoms with Crippen molar-refractivity contribution >= 4 is 17.6 Å². The van der Waals surface area contributed by atoms with Crippen LogP contribution >= 0.6 is 0 Å². The largest absolute Gasteiger partial charge is 0.451 e. The summed E-state index contributed by atoms with van der Waals surface area (Å²) in [6.45, 7) is 1.61. The Morgan fingerprint density at radius 1 is 1.17 bits per heavy atom. The number of benzene rings is 1. The van der Waals surface area contributed by atoms with Crippen LogP contribution in [0.15, 0.2) is 35.4 Å². The highest BCUT2D eigenvalue weighted by atomic mass is 19.1. The molecule has 1 aliphatic heterocycles. The molecule has 0 radical (unpaired) electrons. The molecule has 2 aliphatic rings. The lowest BCUT2D eigenvalue weighted by Crippen LogP contribution is -2.37. The fourth-order valence-electron chi connectivity index (χ4n) is 3.53. The van der Waals surface area contributed by atoms with E-state index in [4.69, 9.17) is 4.74 Å². The third kappa shape index (κ3) is 2.87. The second-order valence-corrected chi connectivity index (χ2v) is 6.23. The van der Waals surface area contributed by atoms with E-state index in [-0.39, 0.29) is 5.69 Å². The Bertz CT molecular complexity index is 673. The van der Waals surface area contributed by atoms with Crippen LogP contribution in [0, 0.1) is 5.82 Å². The average Bonchev–Trinajstić information content (AvgIpc) is 2.67. The number of hydrogen-bond donors (Lipinski definition) is 1. The predicted molar refractivity (Wildman–Crippen MR) is 84.3 cm³/mol. The van der Waals surface area contributed by atoms with Crippen molar-refractivity contribution in [1.82, 2.24) is 0 Å². The first-order chi connectivity index (χ1) is 11.0. The van der Waals surface area contributed by atoms with Gasteiger partial charge in [-0.3, -0.25) is 4.79 Å². The molecule has 122 valence electrons. The van der Waals surface area contributed by atoms with Gasteiger partial charge < -0.3 is 10.1 Å². The van der Waals surface area contributed by atoms with Crippen molar-refractivity contribution in [3.05, 3.63) is 41.2 Å². The van der Waals surface area contributed by atoms with E-state index in [1.807, 2.05) is 0 Å². The van der Waals surface area contributed by atoms with Crippen molar-refractivity contribution in [2.75, 3.05) is 5.32 Å². The fraction of sp³-hybridized carbons (Fsp3) is 0.444. The fourth-order valence-corrected chi connectivity index (χ4v) is 3.53. The van der Waals surface area contributed by atoms with E-state index in [1.165, 1.54) is 12.1 Å². The molecular formula is C18H20FNO3. The normalized spacial score (nSPS) is 20.3. The minimum Gasteiger partial charge on any atom is -0.451 e. The molecule has 3 rings (SSSR count). The first kappa shape index (κ1) is 15.7. The van der Waals surface area contributed by atoms with Crippen LogP contribution in [0.5, 0.6) is 0 Å². The Morgan fingerprint density at radius 3 is 2.48 bits per heavy atom. The molecule has 0 unspecified atom stereocenters. The maximum Gasteiger partial charge on any atom is 0.335 e. The summed E-state index contributed by atoms with van der Waals surface area (Å²) < 4.78 is 19.4. The second-order valence-electron chi connectivity index (χ2n) is 6.23. The summed E-state index contributed by atoms with van der Waals surface area (Å²) in [7, 11) is 0. The maximum absolute atomic E-state index is 13.8. The van der Waals surface area contributed by atoms with Gasteiger partial charge in [-0.15, -0.1) is 0 Å². The molecule has 1 heterocycles. The zero-order valence-corrected chi connectivity index (χ0v) is 13.2. The highest BCUT2D eigenvalue weighted by Crippen LogP contribution is 2.43. The number of ether oxygens (including phenoxy) is 1. The van der Waals surface area contributed by atoms with Crippen molar-refractivity contribution in [2.24, 2.45) is 0 Å². The lowest BCUT2D eigenvalue weighted by Gasteiger charge is -2.29. The number of rotatable bonds is 2. The Balaban J connectivity index is 1.92. The number of nitrogens with one attached hydrogen (secondary N) is 1. The second kappa shape index (κ2) is 6.14. The summed E-state index contributed by atoms with van der Waals surface area (Å²) in [6, 6.07) is 6.00. The highest BCUT2D eigenvalue weighted by Gasteiger charge is 2.49. The Kier molecular flexibility index (Phi) is 4.20. The highest BCUT2D eigenvalue weighted by molar-refractivity contribution is 6.12. The standard InChI is InChI=1S/C18H20FNO3/c1-12-15(16(21)20-14-9-5-4-8-13(14)19)18(23-17(12)22)10-6-2-3-7-11-18/h4-5,8-9H,2-3,6-7,10-11H2,1H3,(H,20,21). The topological polar surface area (TPSA) is 55.4 Å². The zero-order chi connectivity index (χ0) is 16.4. The van der Waals surface area contributed by atoms with Crippen LogP contribution in [0.1, 0.15) is 45.4 Å². The molecule has 5 heteroatoms. The van der Waals surface area contributed by atoms with E-state index >= 15 is 0 Å². The molecule has 23 heavy (non-hydrogen) atoms. The number of esters is 1. The first-order valence-corrected chi connectivity index (χ1v) is 8.04. The van der Waals surface area contributed by atoms with Gasteiger partial charge in [0.25, 0.3) is 5.91 Å². The van der Waals surface area contributed by atoms with Gasteiger partial charge in [-0.05, 0) is 44.7 Å². The van der Waals surface area contributed by atoms with E-state index in [0.717, 1.165) is 25.7 Å². The minimum absolute atomic E-state index is 0.112. The molecule has 0 aromatic heterocycles. The molecule has 1 spiro atoms. The molecule has 0 saturated heterocycles. The average molecular weight is 317 g/mol. The van der Waals surface area contributed by atoms with Crippen LogP contribution in [0.2, 0.25) is 0 Å². The molecule has 1 aliphatic carbocycles. The van der Waals surface area contributed by atoms with E-state index in [2.05, 4.69) is 5.32 Å². The molecule has 0 bridgehead atoms. The summed E-state index contributed by atoms with van der Waals surface area (Å²) in [6.07, 6.45) is 5.27. The molecule has 1 saturated carbocycles. The SMILES string of the molecule is CC1=C(C(=O)Nc2ccccc2F)C2(CCCCCC2)OC1=O. The van der Waals surface area contributed by atoms with E-state index in [9.17, 15) is 14.0 Å². The maximum atomic E-state index is 13.8. The van der Waals surface area contributed by atoms with Crippen LogP contribution in [0.3, 0.4) is 0 Å². The quantitative estimate of drug-likeness (QED) is 0.846. The monoisotopic (exact) mass is 317 g/mol. The third-order valence-corrected chi connectivity index (χ3v) is 4.69. The van der Waals surface area contributed by atoms with Gasteiger partial charge >= 0.3 is 5.97 Å². The predicted octanol–water partition coefficient (Wildman–Crippen LogP) is 3.73. The lowest BCUT2D eigenvalue weighted by molar-refractivity contribution is -0.148. The number of carbonyl (C=O) groups excluding carboxylic acids is 2. The van der Waals surface area contributed by atoms with Crippen molar-refractivity contribution < 1.29 is 18.7 Å². The van der Waals surface area contributed by atoms with Crippen LogP contribution in [-0.2, 0) is 14.3 Å². The number of para-hydroxylation sites is 1. The Labute approximate surface area is 134 Å². The summed E-state index contributed by atoms with van der Waals surface area (Å²) >= 11 is 0. The minimum atomic E-state index is -0.840. The van der Waals surface area contributed by atoms with Crippen molar-refractivity contribution in [1.29, 1.82) is 0 Å². The van der Waals surface area contributed by atoms with Gasteiger partial charge in [0.05, 0.1) is 11.3 Å². The molecule has 1 aromatic carbocycles. The smallest absolute Gasteiger partial charge is 0.335 e. The van der Waals surface area contributed by atoms with Crippen LogP contribution in [0.25, 0.3) is 0 Å². The Hall–Kier alpha value is -2.17. The molecule has 0 atom stereocenters. The van der Waals surface area contributed by atoms with Crippen LogP contribution in [-0.4, -0.2) is 17.5 Å². The lowest BCUT2D eigenvalue weighted by atomic mass is 9.84. The van der Waals surface area contributed by atoms with Gasteiger partial charge in [0.2, 0.25) is 0 Å². The summed E-state index contributed by atoms with van der Waals surface area (Å²) in [5, 5.41) is 2.59. The summed E-state index contributed by atoms with van der Waals surface area (Å²) in [4.78, 5) is 24.8. The van der Waals surface area contributed by atoms with Gasteiger partial charge in [0.15, 0.2) is 0 Å². The van der Waals surface area contributed by atoms with Crippen LogP contribution in [0.4, 0.5) is 10.1 Å². The Morgan fingerprint density at radius 2 is 1.83 bits per heavy atom. The number of anilines is 1. The summed E-state index contributed by atoms with van der Waals surface area (Å²) in [5.74, 6) is -1.38. The zero-order valence-electron chi connectivity index (χ0n) is 13.2. The van der Waals surface area contributed by atoms with Gasteiger partial charge in [-0.1, -0.05) is 25.0 Å². The van der Waals surface area contributed by atoms with Gasteiger partial charge in [-0.25, -0.2) is 9.18 Å². The van der Waals surface area contributed by atoms with Gasteiger partial charge in [0.1, 0.15) is 11.4 Å². The molecule has 1 aromatic rings. The summed E-state index contributed by atoms with van der Waals surface area (Å²) in [5.41, 5.74) is -0.0261. The van der Waals surface area contributed by atoms with Gasteiger partial charge in [-0.2, -0.15) is 0 Å². The molecule has 1 N–H and O–H groups in total. The van der Waals surface area contributed by atoms with Crippen molar-refractivity contribution in [3.8, 4) is 0 Å². The molecule has 1 amide bonds. The number of hydrogen-bond acceptors (Lipinski definition) is 3. The first-order valence-electron chi connectivity index (χ1n) is 8.04. The number of halogens is 1. The van der Waals surface area contributed by atoms with E-state index in [1.54, 1.807) is 19.1 Å². The van der Waals surface area contributed by atoms with Crippen molar-refractivity contribution in [2.45, 2.75) is 51.0 Å². The molecular weight excluding hydrogens is 297 g/mol. The number of carbonyl (C=O) groups is 2. The van der Waals surface area contributed by atoms with E-state index < -0.39 is 23.3 Å². The van der Waals surface area contributed by atoms with Crippen molar-refractivity contribution in [3.63, 3.8) is 0 Å². The van der Waals surface area contributed by atoms with Gasteiger partial charge in [0, 0.05) is 5.57 Å². The van der Waals surface area contributed by atoms with E-state index in [0.29, 0.717) is 24.0 Å². The number of amides is 1. The molecule has 1 fully saturated rings.